The van der Waals surface area contributed by atoms with Crippen molar-refractivity contribution in [3.8, 4) is 0 Å². The van der Waals surface area contributed by atoms with Crippen LogP contribution in [0.1, 0.15) is 64.8 Å². The Morgan fingerprint density at radius 2 is 1.73 bits per heavy atom. The van der Waals surface area contributed by atoms with Crippen molar-refractivity contribution in [1.82, 2.24) is 0 Å². The van der Waals surface area contributed by atoms with Gasteiger partial charge in [0.15, 0.2) is 0 Å². The van der Waals surface area contributed by atoms with Crippen LogP contribution in [0.15, 0.2) is 48.5 Å². The summed E-state index contributed by atoms with van der Waals surface area (Å²) >= 11 is 0. The molecule has 1 amide bonds. The summed E-state index contributed by atoms with van der Waals surface area (Å²) < 4.78 is 0. The van der Waals surface area contributed by atoms with Gasteiger partial charge >= 0.3 is 5.97 Å². The number of benzene rings is 2. The van der Waals surface area contributed by atoms with Gasteiger partial charge < -0.3 is 10.4 Å². The Morgan fingerprint density at radius 3 is 2.42 bits per heavy atom. The zero-order valence-electron chi connectivity index (χ0n) is 14.9. The van der Waals surface area contributed by atoms with E-state index in [0.29, 0.717) is 11.3 Å². The first-order chi connectivity index (χ1) is 12.6. The SMILES string of the molecule is O=C(Nc1cc(CCC2CCCCC2)ccc1C(=O)O)c1ccccc1. The molecule has 136 valence electrons. The van der Waals surface area contributed by atoms with E-state index in [0.717, 1.165) is 24.3 Å². The number of rotatable bonds is 6. The molecule has 2 aromatic rings. The Bertz CT molecular complexity index is 764. The maximum absolute atomic E-state index is 12.4. The van der Waals surface area contributed by atoms with Crippen molar-refractivity contribution in [2.24, 2.45) is 5.92 Å². The molecule has 0 bridgehead atoms. The summed E-state index contributed by atoms with van der Waals surface area (Å²) in [6.45, 7) is 0. The summed E-state index contributed by atoms with van der Waals surface area (Å²) in [5.74, 6) is -0.560. The number of aromatic carboxylic acids is 1. The first-order valence-electron chi connectivity index (χ1n) is 9.36. The van der Waals surface area contributed by atoms with Crippen molar-refractivity contribution in [2.45, 2.75) is 44.9 Å². The third-order valence-electron chi connectivity index (χ3n) is 5.16. The van der Waals surface area contributed by atoms with Crippen LogP contribution in [-0.4, -0.2) is 17.0 Å². The molecule has 0 aliphatic heterocycles. The fourth-order valence-electron chi connectivity index (χ4n) is 3.67. The molecule has 1 fully saturated rings. The highest BCUT2D eigenvalue weighted by Crippen LogP contribution is 2.28. The van der Waals surface area contributed by atoms with E-state index in [4.69, 9.17) is 0 Å². The molecule has 0 saturated heterocycles. The zero-order chi connectivity index (χ0) is 18.4. The number of nitrogens with one attached hydrogen (secondary N) is 1. The van der Waals surface area contributed by atoms with E-state index in [1.54, 1.807) is 30.3 Å². The standard InChI is InChI=1S/C22H25NO3/c24-21(18-9-5-2-6-10-18)23-20-15-17(13-14-19(20)22(25)26)12-11-16-7-3-1-4-8-16/h2,5-6,9-10,13-16H,1,3-4,7-8,11-12H2,(H,23,24)(H,25,26). The van der Waals surface area contributed by atoms with Gasteiger partial charge in [-0.15, -0.1) is 0 Å². The van der Waals surface area contributed by atoms with Gasteiger partial charge in [-0.3, -0.25) is 4.79 Å². The van der Waals surface area contributed by atoms with Crippen LogP contribution >= 0.6 is 0 Å². The minimum absolute atomic E-state index is 0.121. The lowest BCUT2D eigenvalue weighted by atomic mass is 9.85. The molecular formula is C22H25NO3. The quantitative estimate of drug-likeness (QED) is 0.756. The van der Waals surface area contributed by atoms with Crippen molar-refractivity contribution in [3.05, 3.63) is 65.2 Å². The van der Waals surface area contributed by atoms with Gasteiger partial charge in [0.05, 0.1) is 11.3 Å². The van der Waals surface area contributed by atoms with E-state index < -0.39 is 5.97 Å². The van der Waals surface area contributed by atoms with Crippen LogP contribution in [0.4, 0.5) is 5.69 Å². The van der Waals surface area contributed by atoms with Crippen molar-refractivity contribution in [2.75, 3.05) is 5.32 Å². The van der Waals surface area contributed by atoms with E-state index in [9.17, 15) is 14.7 Å². The summed E-state index contributed by atoms with van der Waals surface area (Å²) in [6.07, 6.45) is 8.62. The molecule has 1 saturated carbocycles. The van der Waals surface area contributed by atoms with Crippen LogP contribution in [0.5, 0.6) is 0 Å². The van der Waals surface area contributed by atoms with E-state index in [-0.39, 0.29) is 11.5 Å². The van der Waals surface area contributed by atoms with Crippen molar-refractivity contribution in [1.29, 1.82) is 0 Å². The van der Waals surface area contributed by atoms with Gasteiger partial charge in [-0.25, -0.2) is 4.79 Å². The van der Waals surface area contributed by atoms with Gasteiger partial charge in [-0.2, -0.15) is 0 Å². The number of carboxylic acids is 1. The van der Waals surface area contributed by atoms with E-state index in [1.807, 2.05) is 18.2 Å². The molecule has 0 atom stereocenters. The summed E-state index contributed by atoms with van der Waals surface area (Å²) in [5, 5.41) is 12.2. The van der Waals surface area contributed by atoms with Gasteiger partial charge in [0.25, 0.3) is 5.91 Å². The Kier molecular flexibility index (Phi) is 6.05. The molecule has 0 radical (unpaired) electrons. The van der Waals surface area contributed by atoms with Crippen LogP contribution < -0.4 is 5.32 Å². The lowest BCUT2D eigenvalue weighted by Crippen LogP contribution is -2.15. The first kappa shape index (κ1) is 18.2. The van der Waals surface area contributed by atoms with E-state index in [2.05, 4.69) is 5.32 Å². The van der Waals surface area contributed by atoms with Crippen LogP contribution in [0.3, 0.4) is 0 Å². The predicted molar refractivity (Wildman–Crippen MR) is 103 cm³/mol. The predicted octanol–water partition coefficient (Wildman–Crippen LogP) is 5.15. The monoisotopic (exact) mass is 351 g/mol. The summed E-state index contributed by atoms with van der Waals surface area (Å²) in [5.41, 5.74) is 2.07. The molecule has 4 heteroatoms. The average molecular weight is 351 g/mol. The molecule has 0 aromatic heterocycles. The lowest BCUT2D eigenvalue weighted by Gasteiger charge is -2.21. The third-order valence-corrected chi connectivity index (χ3v) is 5.16. The summed E-state index contributed by atoms with van der Waals surface area (Å²) in [4.78, 5) is 23.9. The molecular weight excluding hydrogens is 326 g/mol. The summed E-state index contributed by atoms with van der Waals surface area (Å²) in [7, 11) is 0. The van der Waals surface area contributed by atoms with Crippen molar-refractivity contribution >= 4 is 17.6 Å². The number of carbonyl (C=O) groups is 2. The first-order valence-corrected chi connectivity index (χ1v) is 9.36. The van der Waals surface area contributed by atoms with Gasteiger partial charge in [0.1, 0.15) is 0 Å². The molecule has 1 aliphatic rings. The highest BCUT2D eigenvalue weighted by Gasteiger charge is 2.16. The number of hydrogen-bond acceptors (Lipinski definition) is 2. The second-order valence-electron chi connectivity index (χ2n) is 7.05. The topological polar surface area (TPSA) is 66.4 Å². The number of hydrogen-bond donors (Lipinski definition) is 2. The second-order valence-corrected chi connectivity index (χ2v) is 7.05. The van der Waals surface area contributed by atoms with Crippen LogP contribution in [0.2, 0.25) is 0 Å². The average Bonchev–Trinajstić information content (AvgIpc) is 2.68. The molecule has 1 aliphatic carbocycles. The van der Waals surface area contributed by atoms with E-state index >= 15 is 0 Å². The number of anilines is 1. The van der Waals surface area contributed by atoms with Crippen LogP contribution in [-0.2, 0) is 6.42 Å². The number of aryl methyl sites for hydroxylation is 1. The maximum atomic E-state index is 12.4. The molecule has 2 aromatic carbocycles. The Balaban J connectivity index is 1.73. The molecule has 0 spiro atoms. The highest BCUT2D eigenvalue weighted by molar-refractivity contribution is 6.07. The Labute approximate surface area is 154 Å². The van der Waals surface area contributed by atoms with Gasteiger partial charge in [-0.05, 0) is 48.6 Å². The Morgan fingerprint density at radius 1 is 1.00 bits per heavy atom. The van der Waals surface area contributed by atoms with Gasteiger partial charge in [0, 0.05) is 5.56 Å². The van der Waals surface area contributed by atoms with Gasteiger partial charge in [0.2, 0.25) is 0 Å². The minimum atomic E-state index is -1.04. The molecule has 3 rings (SSSR count). The fourth-order valence-corrected chi connectivity index (χ4v) is 3.67. The molecule has 26 heavy (non-hydrogen) atoms. The van der Waals surface area contributed by atoms with Crippen molar-refractivity contribution in [3.63, 3.8) is 0 Å². The smallest absolute Gasteiger partial charge is 0.337 e. The molecule has 2 N–H and O–H groups in total. The fraction of sp³-hybridized carbons (Fsp3) is 0.364. The minimum Gasteiger partial charge on any atom is -0.478 e. The maximum Gasteiger partial charge on any atom is 0.337 e. The number of carbonyl (C=O) groups excluding carboxylic acids is 1. The largest absolute Gasteiger partial charge is 0.478 e. The zero-order valence-corrected chi connectivity index (χ0v) is 14.9. The second kappa shape index (κ2) is 8.65. The number of amides is 1. The molecule has 4 nitrogen and oxygen atoms in total. The lowest BCUT2D eigenvalue weighted by molar-refractivity contribution is 0.0698. The molecule has 0 heterocycles. The Hall–Kier alpha value is -2.62. The summed E-state index contributed by atoms with van der Waals surface area (Å²) in [6, 6.07) is 14.1. The van der Waals surface area contributed by atoms with Crippen LogP contribution in [0, 0.1) is 5.92 Å². The van der Waals surface area contributed by atoms with Gasteiger partial charge in [-0.1, -0.05) is 56.4 Å². The normalized spacial score (nSPS) is 14.8. The highest BCUT2D eigenvalue weighted by atomic mass is 16.4. The van der Waals surface area contributed by atoms with Crippen LogP contribution in [0.25, 0.3) is 0 Å². The third kappa shape index (κ3) is 4.72. The van der Waals surface area contributed by atoms with Crippen molar-refractivity contribution < 1.29 is 14.7 Å². The number of carboxylic acid groups (broad SMARTS) is 1. The van der Waals surface area contributed by atoms with E-state index in [1.165, 1.54) is 32.1 Å². The molecule has 0 unspecified atom stereocenters.